The first-order chi connectivity index (χ1) is 7.11. The van der Waals surface area contributed by atoms with E-state index in [0.717, 1.165) is 11.1 Å². The zero-order valence-electron chi connectivity index (χ0n) is 9.57. The van der Waals surface area contributed by atoms with Crippen LogP contribution in [0.15, 0.2) is 30.5 Å². The molecule has 0 fully saturated rings. The van der Waals surface area contributed by atoms with Crippen molar-refractivity contribution >= 4 is 16.6 Å². The standard InChI is InChI=1S/C13H18N2/c1-9(2)10(3)15-8-7-11-12(14)5-4-6-13(11)15/h4-10H,14H2,1-3H3. The van der Waals surface area contributed by atoms with Crippen molar-refractivity contribution in [1.29, 1.82) is 0 Å². The van der Waals surface area contributed by atoms with Crippen LogP contribution in [0.2, 0.25) is 0 Å². The van der Waals surface area contributed by atoms with Gasteiger partial charge in [0.2, 0.25) is 0 Å². The van der Waals surface area contributed by atoms with Crippen LogP contribution < -0.4 is 5.73 Å². The van der Waals surface area contributed by atoms with Gasteiger partial charge in [0.15, 0.2) is 0 Å². The topological polar surface area (TPSA) is 30.9 Å². The Morgan fingerprint density at radius 1 is 1.13 bits per heavy atom. The van der Waals surface area contributed by atoms with Crippen molar-refractivity contribution in [2.24, 2.45) is 5.92 Å². The highest BCUT2D eigenvalue weighted by molar-refractivity contribution is 5.91. The molecule has 0 bridgehead atoms. The predicted molar refractivity (Wildman–Crippen MR) is 65.9 cm³/mol. The Balaban J connectivity index is 2.59. The van der Waals surface area contributed by atoms with Gasteiger partial charge in [-0.25, -0.2) is 0 Å². The molecule has 0 radical (unpaired) electrons. The minimum atomic E-state index is 0.504. The molecule has 2 N–H and O–H groups in total. The van der Waals surface area contributed by atoms with E-state index >= 15 is 0 Å². The summed E-state index contributed by atoms with van der Waals surface area (Å²) in [5.74, 6) is 0.627. The van der Waals surface area contributed by atoms with Crippen LogP contribution >= 0.6 is 0 Å². The van der Waals surface area contributed by atoms with Gasteiger partial charge in [0.25, 0.3) is 0 Å². The molecule has 0 saturated heterocycles. The fraction of sp³-hybridized carbons (Fsp3) is 0.385. The fourth-order valence-corrected chi connectivity index (χ4v) is 1.89. The number of nitrogens with zero attached hydrogens (tertiary/aromatic N) is 1. The van der Waals surface area contributed by atoms with E-state index in [-0.39, 0.29) is 0 Å². The van der Waals surface area contributed by atoms with Gasteiger partial charge >= 0.3 is 0 Å². The first-order valence-electron chi connectivity index (χ1n) is 5.46. The molecule has 0 aliphatic carbocycles. The summed E-state index contributed by atoms with van der Waals surface area (Å²) < 4.78 is 2.30. The van der Waals surface area contributed by atoms with E-state index in [1.165, 1.54) is 5.52 Å². The summed E-state index contributed by atoms with van der Waals surface area (Å²) in [7, 11) is 0. The van der Waals surface area contributed by atoms with Gasteiger partial charge < -0.3 is 10.3 Å². The zero-order chi connectivity index (χ0) is 11.0. The third-order valence-corrected chi connectivity index (χ3v) is 3.20. The number of benzene rings is 1. The van der Waals surface area contributed by atoms with E-state index in [4.69, 9.17) is 5.73 Å². The third-order valence-electron chi connectivity index (χ3n) is 3.20. The molecule has 2 nitrogen and oxygen atoms in total. The number of nitrogen functional groups attached to an aromatic ring is 1. The Kier molecular flexibility index (Phi) is 2.43. The predicted octanol–water partition coefficient (Wildman–Crippen LogP) is 3.44. The molecule has 0 spiro atoms. The molecule has 1 aromatic carbocycles. The van der Waals surface area contributed by atoms with E-state index in [9.17, 15) is 0 Å². The highest BCUT2D eigenvalue weighted by atomic mass is 15.0. The molecule has 1 heterocycles. The van der Waals surface area contributed by atoms with Gasteiger partial charge in [-0.1, -0.05) is 19.9 Å². The molecule has 0 aliphatic heterocycles. The highest BCUT2D eigenvalue weighted by Gasteiger charge is 2.12. The lowest BCUT2D eigenvalue weighted by Crippen LogP contribution is -2.10. The van der Waals surface area contributed by atoms with Crippen molar-refractivity contribution in [3.8, 4) is 0 Å². The second kappa shape index (κ2) is 3.61. The second-order valence-corrected chi connectivity index (χ2v) is 4.49. The average molecular weight is 202 g/mol. The number of fused-ring (bicyclic) bond motifs is 1. The van der Waals surface area contributed by atoms with Crippen molar-refractivity contribution in [3.05, 3.63) is 30.5 Å². The lowest BCUT2D eigenvalue weighted by atomic mass is 10.1. The second-order valence-electron chi connectivity index (χ2n) is 4.49. The molecule has 2 heteroatoms. The summed E-state index contributed by atoms with van der Waals surface area (Å²) in [6.07, 6.45) is 2.13. The molecule has 1 atom stereocenters. The third kappa shape index (κ3) is 1.60. The number of hydrogen-bond acceptors (Lipinski definition) is 1. The average Bonchev–Trinajstić information content (AvgIpc) is 2.61. The first kappa shape index (κ1) is 10.1. The minimum absolute atomic E-state index is 0.504. The Labute approximate surface area is 90.7 Å². The van der Waals surface area contributed by atoms with E-state index in [2.05, 4.69) is 43.7 Å². The van der Waals surface area contributed by atoms with E-state index in [0.29, 0.717) is 12.0 Å². The maximum Gasteiger partial charge on any atom is 0.0503 e. The Morgan fingerprint density at radius 3 is 2.53 bits per heavy atom. The van der Waals surface area contributed by atoms with Gasteiger partial charge in [0.05, 0.1) is 5.52 Å². The first-order valence-corrected chi connectivity index (χ1v) is 5.46. The lowest BCUT2D eigenvalue weighted by molar-refractivity contribution is 0.418. The van der Waals surface area contributed by atoms with Crippen molar-refractivity contribution in [2.45, 2.75) is 26.8 Å². The monoisotopic (exact) mass is 202 g/mol. The molecule has 15 heavy (non-hydrogen) atoms. The van der Waals surface area contributed by atoms with E-state index < -0.39 is 0 Å². The SMILES string of the molecule is CC(C)C(C)n1ccc2c(N)cccc21. The maximum atomic E-state index is 5.93. The Morgan fingerprint density at radius 2 is 1.87 bits per heavy atom. The van der Waals surface area contributed by atoms with Crippen molar-refractivity contribution < 1.29 is 0 Å². The normalized spacial score (nSPS) is 13.6. The van der Waals surface area contributed by atoms with Gasteiger partial charge in [-0.15, -0.1) is 0 Å². The summed E-state index contributed by atoms with van der Waals surface area (Å²) in [6.45, 7) is 6.72. The van der Waals surface area contributed by atoms with Crippen LogP contribution in [0.3, 0.4) is 0 Å². The van der Waals surface area contributed by atoms with Crippen molar-refractivity contribution in [2.75, 3.05) is 5.73 Å². The molecule has 2 aromatic rings. The molecule has 80 valence electrons. The molecule has 1 aromatic heterocycles. The smallest absolute Gasteiger partial charge is 0.0503 e. The molecular formula is C13H18N2. The van der Waals surface area contributed by atoms with Crippen LogP contribution in [0.4, 0.5) is 5.69 Å². The number of anilines is 1. The van der Waals surface area contributed by atoms with Crippen LogP contribution in [-0.2, 0) is 0 Å². The summed E-state index contributed by atoms with van der Waals surface area (Å²) in [5, 5.41) is 1.16. The van der Waals surface area contributed by atoms with Crippen LogP contribution in [0, 0.1) is 5.92 Å². The summed E-state index contributed by atoms with van der Waals surface area (Å²) >= 11 is 0. The van der Waals surface area contributed by atoms with Gasteiger partial charge in [-0.2, -0.15) is 0 Å². The quantitative estimate of drug-likeness (QED) is 0.743. The number of hydrogen-bond donors (Lipinski definition) is 1. The molecular weight excluding hydrogens is 184 g/mol. The van der Waals surface area contributed by atoms with Crippen LogP contribution in [0.25, 0.3) is 10.9 Å². The zero-order valence-corrected chi connectivity index (χ0v) is 9.57. The summed E-state index contributed by atoms with van der Waals surface area (Å²) in [4.78, 5) is 0. The van der Waals surface area contributed by atoms with Gasteiger partial charge in [0, 0.05) is 23.3 Å². The van der Waals surface area contributed by atoms with E-state index in [1.54, 1.807) is 0 Å². The van der Waals surface area contributed by atoms with E-state index in [1.807, 2.05) is 12.1 Å². The number of nitrogens with two attached hydrogens (primary N) is 1. The van der Waals surface area contributed by atoms with Crippen molar-refractivity contribution in [3.63, 3.8) is 0 Å². The molecule has 1 unspecified atom stereocenters. The highest BCUT2D eigenvalue weighted by Crippen LogP contribution is 2.27. The fourth-order valence-electron chi connectivity index (χ4n) is 1.89. The molecule has 0 aliphatic rings. The minimum Gasteiger partial charge on any atom is -0.398 e. The van der Waals surface area contributed by atoms with Crippen molar-refractivity contribution in [1.82, 2.24) is 4.57 Å². The largest absolute Gasteiger partial charge is 0.398 e. The Bertz CT molecular complexity index is 468. The maximum absolute atomic E-state index is 5.93. The summed E-state index contributed by atoms with van der Waals surface area (Å²) in [6, 6.07) is 8.70. The molecule has 2 rings (SSSR count). The molecule has 0 saturated carbocycles. The molecule has 0 amide bonds. The number of rotatable bonds is 2. The van der Waals surface area contributed by atoms with Gasteiger partial charge in [-0.3, -0.25) is 0 Å². The Hall–Kier alpha value is -1.44. The van der Waals surface area contributed by atoms with Crippen LogP contribution in [0.1, 0.15) is 26.8 Å². The number of aromatic nitrogens is 1. The van der Waals surface area contributed by atoms with Gasteiger partial charge in [0.1, 0.15) is 0 Å². The lowest BCUT2D eigenvalue weighted by Gasteiger charge is -2.19. The summed E-state index contributed by atoms with van der Waals surface area (Å²) in [5.41, 5.74) is 8.03. The van der Waals surface area contributed by atoms with Gasteiger partial charge in [-0.05, 0) is 31.0 Å². The van der Waals surface area contributed by atoms with Crippen LogP contribution in [0.5, 0.6) is 0 Å². The van der Waals surface area contributed by atoms with Crippen LogP contribution in [-0.4, -0.2) is 4.57 Å².